The largest absolute Gasteiger partial charge is 0.497 e. The zero-order valence-corrected chi connectivity index (χ0v) is 9.90. The van der Waals surface area contributed by atoms with Crippen LogP contribution in [0, 0.1) is 0 Å². The quantitative estimate of drug-likeness (QED) is 0.420. The van der Waals surface area contributed by atoms with Gasteiger partial charge in [0.1, 0.15) is 5.75 Å². The molecule has 0 amide bonds. The van der Waals surface area contributed by atoms with Gasteiger partial charge in [-0.3, -0.25) is 11.3 Å². The Labute approximate surface area is 96.7 Å². The Morgan fingerprint density at radius 2 is 2.25 bits per heavy atom. The van der Waals surface area contributed by atoms with Gasteiger partial charge in [0, 0.05) is 19.3 Å². The van der Waals surface area contributed by atoms with Crippen LogP contribution in [-0.4, -0.2) is 20.3 Å². The summed E-state index contributed by atoms with van der Waals surface area (Å²) < 4.78 is 10.5. The van der Waals surface area contributed by atoms with Crippen molar-refractivity contribution in [2.75, 3.05) is 20.3 Å². The van der Waals surface area contributed by atoms with Crippen molar-refractivity contribution < 1.29 is 9.47 Å². The summed E-state index contributed by atoms with van der Waals surface area (Å²) in [4.78, 5) is 0. The van der Waals surface area contributed by atoms with Crippen molar-refractivity contribution in [2.45, 2.75) is 19.4 Å². The maximum Gasteiger partial charge on any atom is 0.119 e. The molecule has 4 heteroatoms. The van der Waals surface area contributed by atoms with Gasteiger partial charge in [0.2, 0.25) is 0 Å². The summed E-state index contributed by atoms with van der Waals surface area (Å²) in [6, 6.07) is 7.98. The van der Waals surface area contributed by atoms with Crippen molar-refractivity contribution in [2.24, 2.45) is 5.84 Å². The minimum Gasteiger partial charge on any atom is -0.497 e. The van der Waals surface area contributed by atoms with Gasteiger partial charge in [-0.25, -0.2) is 0 Å². The molecule has 4 nitrogen and oxygen atoms in total. The number of rotatable bonds is 7. The second kappa shape index (κ2) is 7.22. The average Bonchev–Trinajstić information content (AvgIpc) is 2.35. The van der Waals surface area contributed by atoms with E-state index in [0.717, 1.165) is 24.3 Å². The Kier molecular flexibility index (Phi) is 5.85. The zero-order chi connectivity index (χ0) is 11.8. The van der Waals surface area contributed by atoms with Crippen LogP contribution in [0.2, 0.25) is 0 Å². The van der Waals surface area contributed by atoms with Crippen LogP contribution in [0.15, 0.2) is 24.3 Å². The van der Waals surface area contributed by atoms with Crippen LogP contribution in [0.25, 0.3) is 0 Å². The third-order valence-electron chi connectivity index (χ3n) is 2.45. The Morgan fingerprint density at radius 3 is 2.88 bits per heavy atom. The molecule has 0 aliphatic rings. The highest BCUT2D eigenvalue weighted by Crippen LogP contribution is 2.20. The summed E-state index contributed by atoms with van der Waals surface area (Å²) in [6.45, 7) is 3.41. The normalized spacial score (nSPS) is 12.4. The summed E-state index contributed by atoms with van der Waals surface area (Å²) in [7, 11) is 1.66. The molecule has 0 aromatic heterocycles. The maximum absolute atomic E-state index is 5.53. The molecule has 0 radical (unpaired) electrons. The Hall–Kier alpha value is -1.10. The first-order valence-corrected chi connectivity index (χ1v) is 5.49. The lowest BCUT2D eigenvalue weighted by Gasteiger charge is -2.16. The molecule has 0 aliphatic heterocycles. The van der Waals surface area contributed by atoms with Gasteiger partial charge < -0.3 is 9.47 Å². The van der Waals surface area contributed by atoms with E-state index in [1.54, 1.807) is 7.11 Å². The predicted octanol–water partition coefficient (Wildman–Crippen LogP) is 1.63. The van der Waals surface area contributed by atoms with E-state index in [-0.39, 0.29) is 6.04 Å². The van der Waals surface area contributed by atoms with Crippen molar-refractivity contribution in [1.29, 1.82) is 0 Å². The van der Waals surface area contributed by atoms with Crippen LogP contribution in [0.1, 0.15) is 24.9 Å². The van der Waals surface area contributed by atoms with E-state index in [9.17, 15) is 0 Å². The first-order valence-electron chi connectivity index (χ1n) is 5.49. The molecule has 1 aromatic rings. The van der Waals surface area contributed by atoms with E-state index in [1.807, 2.05) is 31.2 Å². The maximum atomic E-state index is 5.53. The van der Waals surface area contributed by atoms with Gasteiger partial charge in [0.05, 0.1) is 7.11 Å². The lowest BCUT2D eigenvalue weighted by Crippen LogP contribution is -2.29. The van der Waals surface area contributed by atoms with E-state index in [1.165, 1.54) is 0 Å². The third-order valence-corrected chi connectivity index (χ3v) is 2.45. The molecule has 0 heterocycles. The molecule has 90 valence electrons. The fourth-order valence-electron chi connectivity index (χ4n) is 1.55. The first kappa shape index (κ1) is 13.0. The Morgan fingerprint density at radius 1 is 1.44 bits per heavy atom. The van der Waals surface area contributed by atoms with Crippen molar-refractivity contribution in [3.05, 3.63) is 29.8 Å². The van der Waals surface area contributed by atoms with Crippen LogP contribution in [0.5, 0.6) is 5.75 Å². The van der Waals surface area contributed by atoms with Crippen LogP contribution in [0.3, 0.4) is 0 Å². The SMILES string of the molecule is CCOCCC(NN)c1cccc(OC)c1. The van der Waals surface area contributed by atoms with E-state index in [4.69, 9.17) is 15.3 Å². The zero-order valence-electron chi connectivity index (χ0n) is 9.90. The minimum atomic E-state index is 0.0987. The van der Waals surface area contributed by atoms with Crippen molar-refractivity contribution >= 4 is 0 Å². The van der Waals surface area contributed by atoms with Gasteiger partial charge in [0.15, 0.2) is 0 Å². The van der Waals surface area contributed by atoms with Gasteiger partial charge >= 0.3 is 0 Å². The minimum absolute atomic E-state index is 0.0987. The predicted molar refractivity (Wildman–Crippen MR) is 64.2 cm³/mol. The number of hydrogen-bond acceptors (Lipinski definition) is 4. The topological polar surface area (TPSA) is 56.5 Å². The summed E-state index contributed by atoms with van der Waals surface area (Å²) in [6.07, 6.45) is 0.845. The molecule has 0 fully saturated rings. The highest BCUT2D eigenvalue weighted by Gasteiger charge is 2.09. The van der Waals surface area contributed by atoms with Gasteiger partial charge in [-0.1, -0.05) is 12.1 Å². The van der Waals surface area contributed by atoms with Crippen molar-refractivity contribution in [3.8, 4) is 5.75 Å². The van der Waals surface area contributed by atoms with Crippen LogP contribution in [0.4, 0.5) is 0 Å². The number of benzene rings is 1. The molecule has 1 unspecified atom stereocenters. The van der Waals surface area contributed by atoms with Crippen molar-refractivity contribution in [1.82, 2.24) is 5.43 Å². The van der Waals surface area contributed by atoms with Crippen LogP contribution in [-0.2, 0) is 4.74 Å². The third kappa shape index (κ3) is 3.81. The summed E-state index contributed by atoms with van der Waals surface area (Å²) in [5.41, 5.74) is 3.91. The number of ether oxygens (including phenoxy) is 2. The lowest BCUT2D eigenvalue weighted by atomic mass is 10.0. The number of nitrogens with two attached hydrogens (primary N) is 1. The summed E-state index contributed by atoms with van der Waals surface area (Å²) >= 11 is 0. The van der Waals surface area contributed by atoms with Gasteiger partial charge in [-0.2, -0.15) is 0 Å². The van der Waals surface area contributed by atoms with Gasteiger partial charge in [-0.05, 0) is 31.0 Å². The molecule has 16 heavy (non-hydrogen) atoms. The second-order valence-corrected chi connectivity index (χ2v) is 3.48. The molecule has 0 spiro atoms. The van der Waals surface area contributed by atoms with Crippen LogP contribution < -0.4 is 16.0 Å². The van der Waals surface area contributed by atoms with E-state index in [0.29, 0.717) is 6.61 Å². The molecule has 3 N–H and O–H groups in total. The van der Waals surface area contributed by atoms with Gasteiger partial charge in [-0.15, -0.1) is 0 Å². The molecule has 0 saturated carbocycles. The monoisotopic (exact) mass is 224 g/mol. The standard InChI is InChI=1S/C12H20N2O2/c1-3-16-8-7-12(14-13)10-5-4-6-11(9-10)15-2/h4-6,9,12,14H,3,7-8,13H2,1-2H3. The highest BCUT2D eigenvalue weighted by molar-refractivity contribution is 5.30. The molecular formula is C12H20N2O2. The highest BCUT2D eigenvalue weighted by atomic mass is 16.5. The molecular weight excluding hydrogens is 204 g/mol. The van der Waals surface area contributed by atoms with Gasteiger partial charge in [0.25, 0.3) is 0 Å². The summed E-state index contributed by atoms with van der Waals surface area (Å²) in [5.74, 6) is 6.37. The number of hydrazine groups is 1. The number of nitrogens with one attached hydrogen (secondary N) is 1. The first-order chi connectivity index (χ1) is 7.81. The van der Waals surface area contributed by atoms with Crippen LogP contribution >= 0.6 is 0 Å². The number of hydrogen-bond donors (Lipinski definition) is 2. The lowest BCUT2D eigenvalue weighted by molar-refractivity contribution is 0.136. The number of methoxy groups -OCH3 is 1. The van der Waals surface area contributed by atoms with E-state index < -0.39 is 0 Å². The fraction of sp³-hybridized carbons (Fsp3) is 0.500. The fourth-order valence-corrected chi connectivity index (χ4v) is 1.55. The molecule has 0 aliphatic carbocycles. The Bertz CT molecular complexity index is 305. The molecule has 0 bridgehead atoms. The molecule has 1 rings (SSSR count). The summed E-state index contributed by atoms with van der Waals surface area (Å²) in [5, 5.41) is 0. The molecule has 1 aromatic carbocycles. The average molecular weight is 224 g/mol. The smallest absolute Gasteiger partial charge is 0.119 e. The Balaban J connectivity index is 2.62. The second-order valence-electron chi connectivity index (χ2n) is 3.48. The van der Waals surface area contributed by atoms with E-state index >= 15 is 0 Å². The van der Waals surface area contributed by atoms with E-state index in [2.05, 4.69) is 5.43 Å². The van der Waals surface area contributed by atoms with Crippen molar-refractivity contribution in [3.63, 3.8) is 0 Å². The molecule has 1 atom stereocenters. The molecule has 0 saturated heterocycles.